The smallest absolute Gasteiger partial charge is 0.260 e. The lowest BCUT2D eigenvalue weighted by Crippen LogP contribution is -2.50. The molecule has 3 rings (SSSR count). The van der Waals surface area contributed by atoms with E-state index in [1.54, 1.807) is 27.7 Å². The average Bonchev–Trinajstić information content (AvgIpc) is 2.80. The molecule has 0 radical (unpaired) electrons. The molecule has 1 fully saturated rings. The van der Waals surface area contributed by atoms with Crippen LogP contribution in [0.4, 0.5) is 4.39 Å². The van der Waals surface area contributed by atoms with E-state index in [1.165, 1.54) is 0 Å². The average molecular weight is 322 g/mol. The minimum Gasteiger partial charge on any atom is -0.342 e. The number of aryl methyl sites for hydroxylation is 1. The highest BCUT2D eigenvalue weighted by Gasteiger charge is 2.47. The highest BCUT2D eigenvalue weighted by atomic mass is 19.1. The maximum atomic E-state index is 14.5. The normalized spacial score (nSPS) is 19.5. The second kappa shape index (κ2) is 5.94. The summed E-state index contributed by atoms with van der Waals surface area (Å²) in [6.07, 6.45) is 3.66. The van der Waals surface area contributed by atoms with Gasteiger partial charge in [-0.3, -0.25) is 14.3 Å². The molecule has 23 heavy (non-hydrogen) atoms. The molecule has 1 aliphatic heterocycles. The second-order valence-electron chi connectivity index (χ2n) is 6.45. The molecule has 0 bridgehead atoms. The molecule has 1 aromatic heterocycles. The first-order valence-corrected chi connectivity index (χ1v) is 8.24. The molecule has 2 amide bonds. The Balaban J connectivity index is 1.85. The van der Waals surface area contributed by atoms with Gasteiger partial charge < -0.3 is 9.80 Å². The number of fused-ring (bicyclic) bond motifs is 1. The number of hydrogen-bond acceptors (Lipinski definition) is 3. The van der Waals surface area contributed by atoms with Crippen LogP contribution in [0, 0.1) is 0 Å². The number of hydrogen-bond donors (Lipinski definition) is 0. The Kier molecular flexibility index (Phi) is 4.12. The fourth-order valence-corrected chi connectivity index (χ4v) is 3.13. The van der Waals surface area contributed by atoms with Crippen molar-refractivity contribution in [3.63, 3.8) is 0 Å². The Labute approximate surface area is 135 Å². The van der Waals surface area contributed by atoms with Crippen molar-refractivity contribution in [2.24, 2.45) is 0 Å². The van der Waals surface area contributed by atoms with Gasteiger partial charge in [-0.25, -0.2) is 4.39 Å². The fraction of sp³-hybridized carbons (Fsp3) is 0.688. The van der Waals surface area contributed by atoms with Crippen molar-refractivity contribution in [1.82, 2.24) is 19.6 Å². The third-order valence-corrected chi connectivity index (χ3v) is 4.96. The van der Waals surface area contributed by atoms with Gasteiger partial charge in [-0.15, -0.1) is 0 Å². The van der Waals surface area contributed by atoms with E-state index in [-0.39, 0.29) is 12.5 Å². The zero-order valence-electron chi connectivity index (χ0n) is 13.7. The van der Waals surface area contributed by atoms with Gasteiger partial charge in [-0.05, 0) is 32.6 Å². The lowest BCUT2D eigenvalue weighted by molar-refractivity contribution is -0.150. The molecule has 0 aromatic carbocycles. The molecule has 126 valence electrons. The van der Waals surface area contributed by atoms with E-state index >= 15 is 0 Å². The summed E-state index contributed by atoms with van der Waals surface area (Å²) >= 11 is 0. The largest absolute Gasteiger partial charge is 0.342 e. The maximum absolute atomic E-state index is 14.5. The molecule has 0 unspecified atom stereocenters. The second-order valence-corrected chi connectivity index (χ2v) is 6.45. The number of carbonyl (C=O) groups is 2. The molecule has 0 saturated heterocycles. The molecule has 1 aromatic rings. The number of rotatable bonds is 3. The van der Waals surface area contributed by atoms with Crippen molar-refractivity contribution < 1.29 is 14.0 Å². The van der Waals surface area contributed by atoms with Gasteiger partial charge in [0.15, 0.2) is 5.67 Å². The van der Waals surface area contributed by atoms with Gasteiger partial charge in [0.1, 0.15) is 0 Å². The summed E-state index contributed by atoms with van der Waals surface area (Å²) in [7, 11) is 1.73. The van der Waals surface area contributed by atoms with E-state index in [2.05, 4.69) is 5.10 Å². The molecule has 1 saturated carbocycles. The summed E-state index contributed by atoms with van der Waals surface area (Å²) in [5, 5.41) is 4.28. The van der Waals surface area contributed by atoms with Crippen molar-refractivity contribution in [3.8, 4) is 0 Å². The van der Waals surface area contributed by atoms with Crippen LogP contribution in [-0.2, 0) is 17.9 Å². The zero-order valence-corrected chi connectivity index (χ0v) is 13.7. The van der Waals surface area contributed by atoms with Crippen LogP contribution in [0.5, 0.6) is 0 Å². The predicted octanol–water partition coefficient (Wildman–Crippen LogP) is 1.60. The Bertz CT molecular complexity index is 624. The quantitative estimate of drug-likeness (QED) is 0.849. The maximum Gasteiger partial charge on any atom is 0.260 e. The van der Waals surface area contributed by atoms with Crippen molar-refractivity contribution >= 4 is 11.8 Å². The van der Waals surface area contributed by atoms with Gasteiger partial charge in [-0.2, -0.15) is 5.10 Å². The Morgan fingerprint density at radius 2 is 2.09 bits per heavy atom. The first-order valence-electron chi connectivity index (χ1n) is 8.24. The van der Waals surface area contributed by atoms with Crippen LogP contribution >= 0.6 is 0 Å². The molecule has 0 atom stereocenters. The Hall–Kier alpha value is -1.92. The van der Waals surface area contributed by atoms with Crippen molar-refractivity contribution in [2.75, 3.05) is 20.1 Å². The molecular weight excluding hydrogens is 299 g/mol. The third-order valence-electron chi connectivity index (χ3n) is 4.96. The molecule has 7 heteroatoms. The summed E-state index contributed by atoms with van der Waals surface area (Å²) in [6, 6.07) is 0. The summed E-state index contributed by atoms with van der Waals surface area (Å²) in [4.78, 5) is 28.1. The third kappa shape index (κ3) is 2.72. The van der Waals surface area contributed by atoms with E-state index < -0.39 is 11.6 Å². The predicted molar refractivity (Wildman–Crippen MR) is 82.6 cm³/mol. The van der Waals surface area contributed by atoms with E-state index in [4.69, 9.17) is 0 Å². The first kappa shape index (κ1) is 16.0. The summed E-state index contributed by atoms with van der Waals surface area (Å²) < 4.78 is 16.2. The topological polar surface area (TPSA) is 58.4 Å². The van der Waals surface area contributed by atoms with Gasteiger partial charge in [0, 0.05) is 26.7 Å². The van der Waals surface area contributed by atoms with Crippen molar-refractivity contribution in [3.05, 3.63) is 17.5 Å². The van der Waals surface area contributed by atoms with Crippen LogP contribution in [-0.4, -0.2) is 57.2 Å². The van der Waals surface area contributed by atoms with E-state index in [9.17, 15) is 14.0 Å². The van der Waals surface area contributed by atoms with Gasteiger partial charge in [0.2, 0.25) is 0 Å². The number of amides is 2. The molecule has 6 nitrogen and oxygen atoms in total. The van der Waals surface area contributed by atoms with Gasteiger partial charge in [-0.1, -0.05) is 0 Å². The number of aromatic nitrogens is 2. The molecule has 2 aliphatic rings. The van der Waals surface area contributed by atoms with Gasteiger partial charge >= 0.3 is 0 Å². The Morgan fingerprint density at radius 3 is 2.70 bits per heavy atom. The van der Waals surface area contributed by atoms with E-state index in [0.717, 1.165) is 6.42 Å². The van der Waals surface area contributed by atoms with E-state index in [0.29, 0.717) is 50.2 Å². The van der Waals surface area contributed by atoms with Crippen LogP contribution in [0.3, 0.4) is 0 Å². The number of halogens is 1. The van der Waals surface area contributed by atoms with Crippen LogP contribution in [0.1, 0.15) is 48.7 Å². The van der Waals surface area contributed by atoms with Crippen LogP contribution < -0.4 is 0 Å². The lowest BCUT2D eigenvalue weighted by Gasteiger charge is -2.36. The molecule has 0 N–H and O–H groups in total. The summed E-state index contributed by atoms with van der Waals surface area (Å²) in [5.74, 6) is -0.540. The summed E-state index contributed by atoms with van der Waals surface area (Å²) in [5.41, 5.74) is -0.473. The highest BCUT2D eigenvalue weighted by Crippen LogP contribution is 2.38. The number of alkyl halides is 1. The molecular formula is C16H23FN4O2. The van der Waals surface area contributed by atoms with Crippen LogP contribution in [0.25, 0.3) is 0 Å². The number of carbonyl (C=O) groups excluding carboxylic acids is 2. The molecule has 1 aliphatic carbocycles. The monoisotopic (exact) mass is 322 g/mol. The van der Waals surface area contributed by atoms with E-state index in [1.807, 2.05) is 6.92 Å². The highest BCUT2D eigenvalue weighted by molar-refractivity contribution is 5.95. The first-order chi connectivity index (χ1) is 11.0. The van der Waals surface area contributed by atoms with Crippen LogP contribution in [0.2, 0.25) is 0 Å². The van der Waals surface area contributed by atoms with Gasteiger partial charge in [0.05, 0.1) is 24.0 Å². The summed E-state index contributed by atoms with van der Waals surface area (Å²) in [6.45, 7) is 3.90. The van der Waals surface area contributed by atoms with Crippen LogP contribution in [0.15, 0.2) is 6.20 Å². The minimum absolute atomic E-state index is 0.110. The number of nitrogens with zero attached hydrogens (tertiary/aromatic N) is 4. The Morgan fingerprint density at radius 1 is 1.35 bits per heavy atom. The SMILES string of the molecule is CCN(C)C(=O)c1cnn2c1CN(C(=O)C1(F)CCC1)CCC2. The van der Waals surface area contributed by atoms with Crippen molar-refractivity contribution in [2.45, 2.75) is 51.4 Å². The fourth-order valence-electron chi connectivity index (χ4n) is 3.13. The minimum atomic E-state index is -1.69. The standard InChI is InChI=1S/C16H23FN4O2/c1-3-19(2)14(22)12-10-18-21-9-5-8-20(11-13(12)21)15(23)16(17)6-4-7-16/h10H,3-9,11H2,1-2H3. The molecule has 2 heterocycles. The zero-order chi connectivity index (χ0) is 16.6. The van der Waals surface area contributed by atoms with Crippen molar-refractivity contribution in [1.29, 1.82) is 0 Å². The molecule has 0 spiro atoms. The van der Waals surface area contributed by atoms with Gasteiger partial charge in [0.25, 0.3) is 11.8 Å². The lowest BCUT2D eigenvalue weighted by atomic mass is 9.81.